The highest BCUT2D eigenvalue weighted by Crippen LogP contribution is 2.28. The van der Waals surface area contributed by atoms with Gasteiger partial charge in [0, 0.05) is 22.3 Å². The van der Waals surface area contributed by atoms with Crippen LogP contribution in [-0.2, 0) is 0 Å². The summed E-state index contributed by atoms with van der Waals surface area (Å²) in [6.45, 7) is 7.87. The maximum absolute atomic E-state index is 12.5. The van der Waals surface area contributed by atoms with Gasteiger partial charge in [0.25, 0.3) is 11.7 Å². The minimum Gasteiger partial charge on any atom is -0.295 e. The van der Waals surface area contributed by atoms with Gasteiger partial charge in [-0.25, -0.2) is 14.5 Å². The summed E-state index contributed by atoms with van der Waals surface area (Å²) < 4.78 is 1.56. The Balaban J connectivity index is 1.60. The molecule has 0 unspecified atom stereocenters. The van der Waals surface area contributed by atoms with Crippen molar-refractivity contribution in [3.8, 4) is 11.3 Å². The number of benzene rings is 1. The largest absolute Gasteiger partial charge is 0.297 e. The first-order valence-electron chi connectivity index (χ1n) is 8.46. The van der Waals surface area contributed by atoms with Gasteiger partial charge in [-0.3, -0.25) is 10.1 Å². The van der Waals surface area contributed by atoms with Crippen LogP contribution in [0, 0.1) is 27.7 Å². The third kappa shape index (κ3) is 3.31. The zero-order valence-corrected chi connectivity index (χ0v) is 16.3. The molecule has 8 heteroatoms. The summed E-state index contributed by atoms with van der Waals surface area (Å²) in [6.07, 6.45) is 0. The molecule has 0 spiro atoms. The van der Waals surface area contributed by atoms with Crippen LogP contribution >= 0.6 is 11.3 Å². The van der Waals surface area contributed by atoms with Crippen LogP contribution in [0.1, 0.15) is 33.1 Å². The average Bonchev–Trinajstić information content (AvgIpc) is 3.24. The van der Waals surface area contributed by atoms with E-state index in [2.05, 4.69) is 43.6 Å². The molecule has 3 heterocycles. The van der Waals surface area contributed by atoms with E-state index in [0.717, 1.165) is 28.2 Å². The lowest BCUT2D eigenvalue weighted by molar-refractivity contribution is 0.101. The Hall–Kier alpha value is -3.13. The van der Waals surface area contributed by atoms with Crippen LogP contribution in [0.4, 0.5) is 5.13 Å². The first-order valence-corrected chi connectivity index (χ1v) is 9.34. The molecule has 0 fully saturated rings. The number of carbonyl (C=O) groups excluding carboxylic acids is 1. The smallest absolute Gasteiger partial charge is 0.295 e. The summed E-state index contributed by atoms with van der Waals surface area (Å²) in [5, 5.41) is 9.47. The number of thiazole rings is 1. The van der Waals surface area contributed by atoms with Crippen molar-refractivity contribution >= 4 is 28.2 Å². The van der Waals surface area contributed by atoms with Gasteiger partial charge in [0.05, 0.1) is 5.69 Å². The van der Waals surface area contributed by atoms with Crippen molar-refractivity contribution in [2.24, 2.45) is 0 Å². The summed E-state index contributed by atoms with van der Waals surface area (Å²) >= 11 is 1.37. The molecule has 0 aliphatic rings. The molecule has 0 radical (unpaired) electrons. The van der Waals surface area contributed by atoms with Gasteiger partial charge in [-0.1, -0.05) is 17.7 Å². The monoisotopic (exact) mass is 378 g/mol. The molecule has 4 aromatic rings. The van der Waals surface area contributed by atoms with Crippen molar-refractivity contribution in [1.82, 2.24) is 24.6 Å². The van der Waals surface area contributed by atoms with Gasteiger partial charge in [-0.2, -0.15) is 4.98 Å². The fraction of sp³-hybridized carbons (Fsp3) is 0.211. The van der Waals surface area contributed by atoms with E-state index in [1.807, 2.05) is 39.1 Å². The van der Waals surface area contributed by atoms with Crippen LogP contribution in [0.15, 0.2) is 29.6 Å². The lowest BCUT2D eigenvalue weighted by Gasteiger charge is -2.03. The molecule has 0 atom stereocenters. The third-order valence-corrected chi connectivity index (χ3v) is 4.97. The SMILES string of the molecule is Cc1ccc(C)c(-c2csc(NC(=O)c3nc4nc(C)cc(C)n4n3)n2)c1. The van der Waals surface area contributed by atoms with Gasteiger partial charge in [0.1, 0.15) is 0 Å². The standard InChI is InChI=1S/C19H18N6OS/c1-10-5-6-11(2)14(7-10)15-9-27-19(21-15)23-17(26)16-22-18-20-12(3)8-13(4)25(18)24-16/h5-9H,1-4H3,(H,21,23,26). The molecule has 0 saturated carbocycles. The Morgan fingerprint density at radius 3 is 2.70 bits per heavy atom. The number of rotatable bonds is 3. The predicted octanol–water partition coefficient (Wildman–Crippen LogP) is 3.73. The Morgan fingerprint density at radius 1 is 1.07 bits per heavy atom. The number of fused-ring (bicyclic) bond motifs is 1. The molecule has 1 aromatic carbocycles. The maximum atomic E-state index is 12.5. The first-order chi connectivity index (χ1) is 12.9. The van der Waals surface area contributed by atoms with Crippen LogP contribution in [0.5, 0.6) is 0 Å². The molecule has 136 valence electrons. The van der Waals surface area contributed by atoms with Crippen molar-refractivity contribution in [2.45, 2.75) is 27.7 Å². The molecule has 0 bridgehead atoms. The molecule has 3 aromatic heterocycles. The number of aryl methyl sites for hydroxylation is 4. The van der Waals surface area contributed by atoms with Crippen LogP contribution in [-0.4, -0.2) is 30.5 Å². The van der Waals surface area contributed by atoms with Crippen molar-refractivity contribution < 1.29 is 4.79 Å². The number of hydrogen-bond donors (Lipinski definition) is 1. The van der Waals surface area contributed by atoms with Crippen molar-refractivity contribution in [3.05, 3.63) is 58.0 Å². The number of amides is 1. The molecule has 4 rings (SSSR count). The zero-order chi connectivity index (χ0) is 19.1. The second-order valence-electron chi connectivity index (χ2n) is 6.50. The van der Waals surface area contributed by atoms with E-state index < -0.39 is 5.91 Å². The molecule has 27 heavy (non-hydrogen) atoms. The van der Waals surface area contributed by atoms with E-state index in [4.69, 9.17) is 0 Å². The number of anilines is 1. The third-order valence-electron chi connectivity index (χ3n) is 4.22. The number of carbonyl (C=O) groups is 1. The van der Waals surface area contributed by atoms with E-state index in [-0.39, 0.29) is 5.82 Å². The minimum absolute atomic E-state index is 0.0692. The van der Waals surface area contributed by atoms with E-state index in [1.54, 1.807) is 4.52 Å². The normalized spacial score (nSPS) is 11.1. The number of aromatic nitrogens is 5. The average molecular weight is 378 g/mol. The molecule has 0 aliphatic carbocycles. The predicted molar refractivity (Wildman–Crippen MR) is 105 cm³/mol. The van der Waals surface area contributed by atoms with Crippen LogP contribution < -0.4 is 5.32 Å². The van der Waals surface area contributed by atoms with Crippen molar-refractivity contribution in [1.29, 1.82) is 0 Å². The molecular weight excluding hydrogens is 360 g/mol. The minimum atomic E-state index is -0.403. The summed E-state index contributed by atoms with van der Waals surface area (Å²) in [5.74, 6) is 0.0759. The second kappa shape index (κ2) is 6.55. The highest BCUT2D eigenvalue weighted by Gasteiger charge is 2.17. The number of nitrogens with one attached hydrogen (secondary N) is 1. The fourth-order valence-electron chi connectivity index (χ4n) is 2.88. The van der Waals surface area contributed by atoms with Gasteiger partial charge in [0.2, 0.25) is 5.82 Å². The number of hydrogen-bond acceptors (Lipinski definition) is 6. The van der Waals surface area contributed by atoms with Gasteiger partial charge in [-0.15, -0.1) is 16.4 Å². The first kappa shape index (κ1) is 17.3. The molecule has 1 N–H and O–H groups in total. The summed E-state index contributed by atoms with van der Waals surface area (Å²) in [6, 6.07) is 8.12. The number of nitrogens with zero attached hydrogens (tertiary/aromatic N) is 5. The van der Waals surface area contributed by atoms with Gasteiger partial charge >= 0.3 is 0 Å². The highest BCUT2D eigenvalue weighted by atomic mass is 32.1. The lowest BCUT2D eigenvalue weighted by Crippen LogP contribution is -2.13. The van der Waals surface area contributed by atoms with Crippen LogP contribution in [0.25, 0.3) is 17.0 Å². The summed E-state index contributed by atoms with van der Waals surface area (Å²) in [5.41, 5.74) is 5.91. The quantitative estimate of drug-likeness (QED) is 0.587. The Kier molecular flexibility index (Phi) is 4.19. The van der Waals surface area contributed by atoms with Gasteiger partial charge in [-0.05, 0) is 45.4 Å². The van der Waals surface area contributed by atoms with E-state index in [1.165, 1.54) is 16.9 Å². The van der Waals surface area contributed by atoms with Crippen LogP contribution in [0.3, 0.4) is 0 Å². The Labute approximate surface area is 160 Å². The highest BCUT2D eigenvalue weighted by molar-refractivity contribution is 7.14. The Bertz CT molecular complexity index is 1180. The molecule has 7 nitrogen and oxygen atoms in total. The molecule has 0 aliphatic heterocycles. The van der Waals surface area contributed by atoms with Gasteiger partial charge in [0.15, 0.2) is 5.13 Å². The Morgan fingerprint density at radius 2 is 1.89 bits per heavy atom. The molecule has 1 amide bonds. The maximum Gasteiger partial charge on any atom is 0.297 e. The summed E-state index contributed by atoms with van der Waals surface area (Å²) in [4.78, 5) is 25.6. The van der Waals surface area contributed by atoms with Crippen molar-refractivity contribution in [3.63, 3.8) is 0 Å². The van der Waals surface area contributed by atoms with Crippen LogP contribution in [0.2, 0.25) is 0 Å². The lowest BCUT2D eigenvalue weighted by atomic mass is 10.0. The zero-order valence-electron chi connectivity index (χ0n) is 15.4. The van der Waals surface area contributed by atoms with Crippen molar-refractivity contribution in [2.75, 3.05) is 5.32 Å². The summed E-state index contributed by atoms with van der Waals surface area (Å²) in [7, 11) is 0. The van der Waals surface area contributed by atoms with Gasteiger partial charge < -0.3 is 0 Å². The molecular formula is C19H18N6OS. The van der Waals surface area contributed by atoms with E-state index in [0.29, 0.717) is 10.9 Å². The topological polar surface area (TPSA) is 85.1 Å². The van der Waals surface area contributed by atoms with E-state index in [9.17, 15) is 4.79 Å². The second-order valence-corrected chi connectivity index (χ2v) is 7.35. The molecule has 0 saturated heterocycles. The van der Waals surface area contributed by atoms with E-state index >= 15 is 0 Å². The fourth-order valence-corrected chi connectivity index (χ4v) is 3.59.